The lowest BCUT2D eigenvalue weighted by molar-refractivity contribution is -0.180. The van der Waals surface area contributed by atoms with Crippen molar-refractivity contribution >= 4 is 11.8 Å². The number of epoxide rings is 1. The van der Waals surface area contributed by atoms with Gasteiger partial charge < -0.3 is 14.6 Å². The molecule has 10 atom stereocenters. The van der Waals surface area contributed by atoms with Crippen LogP contribution in [0.5, 0.6) is 0 Å². The van der Waals surface area contributed by atoms with Crippen LogP contribution in [0.2, 0.25) is 0 Å². The molecule has 176 valence electrons. The molecule has 1 aliphatic heterocycles. The van der Waals surface area contributed by atoms with Gasteiger partial charge in [0.25, 0.3) is 0 Å². The van der Waals surface area contributed by atoms with E-state index in [1.807, 2.05) is 6.92 Å². The van der Waals surface area contributed by atoms with Crippen molar-refractivity contribution in [3.63, 3.8) is 0 Å². The molecule has 4 saturated carbocycles. The highest BCUT2D eigenvalue weighted by Gasteiger charge is 2.71. The maximum atomic E-state index is 14.4. The summed E-state index contributed by atoms with van der Waals surface area (Å²) in [6.07, 6.45) is 4.68. The van der Waals surface area contributed by atoms with E-state index in [-0.39, 0.29) is 28.6 Å². The summed E-state index contributed by atoms with van der Waals surface area (Å²) in [5.74, 6) is 2.16. The van der Waals surface area contributed by atoms with Crippen LogP contribution in [0, 0.1) is 45.8 Å². The Balaban J connectivity index is 1.56. The highest BCUT2D eigenvalue weighted by molar-refractivity contribution is 5.94. The molecule has 5 aliphatic carbocycles. The Morgan fingerprint density at radius 1 is 1.12 bits per heavy atom. The first kappa shape index (κ1) is 21.3. The van der Waals surface area contributed by atoms with Crippen LogP contribution in [0.1, 0.15) is 73.1 Å². The van der Waals surface area contributed by atoms with E-state index in [4.69, 9.17) is 9.47 Å². The summed E-state index contributed by atoms with van der Waals surface area (Å²) in [6.45, 7) is 10.8. The average molecular weight is 443 g/mol. The third kappa shape index (κ3) is 2.53. The highest BCUT2D eigenvalue weighted by atomic mass is 16.6. The van der Waals surface area contributed by atoms with Crippen molar-refractivity contribution in [1.29, 1.82) is 0 Å². The van der Waals surface area contributed by atoms with Gasteiger partial charge in [-0.05, 0) is 93.0 Å². The van der Waals surface area contributed by atoms with Gasteiger partial charge in [0.2, 0.25) is 0 Å². The molecule has 0 aromatic heterocycles. The molecule has 6 rings (SSSR count). The largest absolute Gasteiger partial charge is 0.450 e. The number of allylic oxidation sites excluding steroid dienone is 1. The number of rotatable bonds is 2. The predicted octanol–water partition coefficient (Wildman–Crippen LogP) is 4.07. The molecule has 1 saturated heterocycles. The molecule has 32 heavy (non-hydrogen) atoms. The lowest BCUT2D eigenvalue weighted by Gasteiger charge is -2.61. The van der Waals surface area contributed by atoms with Gasteiger partial charge in [-0.2, -0.15) is 0 Å². The number of Topliss-reactive ketones (excluding diaryl/α,β-unsaturated/α-hetero) is 1. The molecule has 5 heteroatoms. The van der Waals surface area contributed by atoms with Crippen molar-refractivity contribution in [2.45, 2.75) is 91.5 Å². The van der Waals surface area contributed by atoms with Crippen molar-refractivity contribution in [2.75, 3.05) is 6.61 Å². The van der Waals surface area contributed by atoms with Gasteiger partial charge in [-0.1, -0.05) is 19.4 Å². The highest BCUT2D eigenvalue weighted by Crippen LogP contribution is 2.71. The van der Waals surface area contributed by atoms with Gasteiger partial charge >= 0.3 is 5.97 Å². The van der Waals surface area contributed by atoms with Crippen LogP contribution in [0.15, 0.2) is 11.1 Å². The Bertz CT molecular complexity index is 915. The van der Waals surface area contributed by atoms with Crippen LogP contribution in [0.25, 0.3) is 0 Å². The summed E-state index contributed by atoms with van der Waals surface area (Å²) in [4.78, 5) is 26.7. The second kappa shape index (κ2) is 6.47. The smallest absolute Gasteiger partial charge is 0.303 e. The van der Waals surface area contributed by atoms with Crippen molar-refractivity contribution in [3.05, 3.63) is 11.1 Å². The molecule has 6 unspecified atom stereocenters. The van der Waals surface area contributed by atoms with Crippen molar-refractivity contribution in [2.24, 2.45) is 45.8 Å². The van der Waals surface area contributed by atoms with Gasteiger partial charge in [0.05, 0.1) is 24.2 Å². The summed E-state index contributed by atoms with van der Waals surface area (Å²) in [5, 5.41) is 11.6. The normalized spacial score (nSPS) is 52.9. The molecule has 5 fully saturated rings. The Hall–Kier alpha value is -1.20. The number of ketones is 1. The monoisotopic (exact) mass is 442 g/mol. The molecule has 0 aromatic carbocycles. The summed E-state index contributed by atoms with van der Waals surface area (Å²) >= 11 is 0. The second-order valence-electron chi connectivity index (χ2n) is 12.7. The van der Waals surface area contributed by atoms with Gasteiger partial charge in [-0.15, -0.1) is 0 Å². The summed E-state index contributed by atoms with van der Waals surface area (Å²) < 4.78 is 11.9. The first-order valence-corrected chi connectivity index (χ1v) is 12.7. The summed E-state index contributed by atoms with van der Waals surface area (Å²) in [5.41, 5.74) is 0.840. The van der Waals surface area contributed by atoms with Crippen LogP contribution in [-0.2, 0) is 19.1 Å². The zero-order valence-electron chi connectivity index (χ0n) is 20.1. The maximum Gasteiger partial charge on any atom is 0.303 e. The van der Waals surface area contributed by atoms with E-state index in [0.717, 1.165) is 43.3 Å². The minimum absolute atomic E-state index is 0.0705. The SMILES string of the molecule is CC(=O)O[C@H]1C(=O)[C@]2(C)C(O)CC3C4CC4C[C@H]3C2CC2([C@H]3CO3)CCC(C)=C1C2(C)C. The molecule has 1 heterocycles. The van der Waals surface area contributed by atoms with E-state index in [1.165, 1.54) is 25.3 Å². The van der Waals surface area contributed by atoms with E-state index in [0.29, 0.717) is 18.3 Å². The molecular weight excluding hydrogens is 404 g/mol. The third-order valence-corrected chi connectivity index (χ3v) is 11.3. The van der Waals surface area contributed by atoms with E-state index in [2.05, 4.69) is 20.8 Å². The molecule has 6 aliphatic rings. The first-order chi connectivity index (χ1) is 15.0. The lowest BCUT2D eigenvalue weighted by Crippen LogP contribution is -2.64. The van der Waals surface area contributed by atoms with Crippen molar-refractivity contribution in [1.82, 2.24) is 0 Å². The van der Waals surface area contributed by atoms with Crippen LogP contribution < -0.4 is 0 Å². The number of hydrogen-bond donors (Lipinski definition) is 1. The fraction of sp³-hybridized carbons (Fsp3) is 0.852. The Kier molecular flexibility index (Phi) is 4.32. The van der Waals surface area contributed by atoms with E-state index in [1.54, 1.807) is 0 Å². The molecule has 0 radical (unpaired) electrons. The van der Waals surface area contributed by atoms with Gasteiger partial charge in [-0.25, -0.2) is 0 Å². The number of aliphatic hydroxyl groups excluding tert-OH is 1. The quantitative estimate of drug-likeness (QED) is 0.396. The van der Waals surface area contributed by atoms with Crippen molar-refractivity contribution in [3.8, 4) is 0 Å². The summed E-state index contributed by atoms with van der Waals surface area (Å²) in [7, 11) is 0. The molecule has 1 N–H and O–H groups in total. The standard InChI is InChI=1S/C27H38O5/c1-13-6-7-27(21-12-31-21)11-19-18-9-15-8-16(15)17(18)10-20(29)26(19,5)24(30)23(32-14(2)28)22(13)25(27,3)4/h15-21,23,29H,6-12H2,1-5H3/t15?,16?,17?,18-,19?,20?,21-,23-,26+,27?/m1/s1. The predicted molar refractivity (Wildman–Crippen MR) is 118 cm³/mol. The van der Waals surface area contributed by atoms with Crippen LogP contribution >= 0.6 is 0 Å². The van der Waals surface area contributed by atoms with Crippen molar-refractivity contribution < 1.29 is 24.2 Å². The van der Waals surface area contributed by atoms with Gasteiger partial charge in [-0.3, -0.25) is 9.59 Å². The zero-order chi connectivity index (χ0) is 22.8. The molecule has 0 aromatic rings. The topological polar surface area (TPSA) is 76.1 Å². The third-order valence-electron chi connectivity index (χ3n) is 11.3. The minimum atomic E-state index is -0.907. The van der Waals surface area contributed by atoms with Gasteiger partial charge in [0.1, 0.15) is 0 Å². The zero-order valence-corrected chi connectivity index (χ0v) is 20.1. The molecular formula is C27H38O5. The molecule has 0 spiro atoms. The first-order valence-electron chi connectivity index (χ1n) is 12.7. The molecule has 0 amide bonds. The van der Waals surface area contributed by atoms with E-state index in [9.17, 15) is 14.7 Å². The number of esters is 1. The lowest BCUT2D eigenvalue weighted by atomic mass is 9.43. The Labute approximate surface area is 191 Å². The second-order valence-corrected chi connectivity index (χ2v) is 12.7. The molecule has 2 bridgehead atoms. The van der Waals surface area contributed by atoms with Crippen LogP contribution in [-0.4, -0.2) is 41.8 Å². The Morgan fingerprint density at radius 2 is 1.81 bits per heavy atom. The van der Waals surface area contributed by atoms with Crippen LogP contribution in [0.3, 0.4) is 0 Å². The van der Waals surface area contributed by atoms with Gasteiger partial charge in [0.15, 0.2) is 11.9 Å². The number of carbonyl (C=O) groups excluding carboxylic acids is 2. The number of aliphatic hydroxyl groups is 1. The minimum Gasteiger partial charge on any atom is -0.450 e. The number of ether oxygens (including phenoxy) is 2. The number of carbonyl (C=O) groups is 2. The number of fused-ring (bicyclic) bond motifs is 7. The fourth-order valence-corrected chi connectivity index (χ4v) is 9.34. The Morgan fingerprint density at radius 3 is 2.47 bits per heavy atom. The van der Waals surface area contributed by atoms with E-state index < -0.39 is 23.6 Å². The average Bonchev–Trinajstić information content (AvgIpc) is 3.63. The summed E-state index contributed by atoms with van der Waals surface area (Å²) in [6, 6.07) is 0. The maximum absolute atomic E-state index is 14.4. The fourth-order valence-electron chi connectivity index (χ4n) is 9.34. The van der Waals surface area contributed by atoms with Crippen LogP contribution in [0.4, 0.5) is 0 Å². The van der Waals surface area contributed by atoms with Gasteiger partial charge in [0, 0.05) is 12.3 Å². The van der Waals surface area contributed by atoms with E-state index >= 15 is 0 Å². The molecule has 5 nitrogen and oxygen atoms in total. The number of hydrogen-bond acceptors (Lipinski definition) is 5.